The number of benzene rings is 2. The fraction of sp³-hybridized carbons (Fsp3) is 0.318. The van der Waals surface area contributed by atoms with Crippen molar-refractivity contribution < 1.29 is 27.5 Å². The summed E-state index contributed by atoms with van der Waals surface area (Å²) in [5.41, 5.74) is -0.514. The van der Waals surface area contributed by atoms with Gasteiger partial charge in [0, 0.05) is 18.7 Å². The van der Waals surface area contributed by atoms with Gasteiger partial charge in [0.25, 0.3) is 0 Å². The smallest absolute Gasteiger partial charge is 0.417 e. The first-order chi connectivity index (χ1) is 15.6. The average Bonchev–Trinajstić information content (AvgIpc) is 2.75. The van der Waals surface area contributed by atoms with Crippen LogP contribution >= 0.6 is 23.4 Å². The Morgan fingerprint density at radius 3 is 2.55 bits per heavy atom. The predicted molar refractivity (Wildman–Crippen MR) is 123 cm³/mol. The van der Waals surface area contributed by atoms with Gasteiger partial charge in [0.05, 0.1) is 22.9 Å². The number of rotatable bonds is 6. The lowest BCUT2D eigenvalue weighted by molar-refractivity contribution is -0.137. The van der Waals surface area contributed by atoms with Gasteiger partial charge in [0.2, 0.25) is 11.8 Å². The van der Waals surface area contributed by atoms with E-state index < -0.39 is 27.9 Å². The van der Waals surface area contributed by atoms with Crippen molar-refractivity contribution >= 4 is 51.7 Å². The number of halogens is 4. The summed E-state index contributed by atoms with van der Waals surface area (Å²) in [5, 5.41) is 1.66. The van der Waals surface area contributed by atoms with Crippen molar-refractivity contribution in [3.8, 4) is 5.75 Å². The molecule has 2 aromatic rings. The molecule has 0 bridgehead atoms. The van der Waals surface area contributed by atoms with E-state index in [1.165, 1.54) is 11.0 Å². The molecule has 1 N–H and O–H groups in total. The van der Waals surface area contributed by atoms with E-state index >= 15 is 0 Å². The number of ether oxygens (including phenoxy) is 1. The van der Waals surface area contributed by atoms with E-state index in [1.54, 1.807) is 31.2 Å². The highest BCUT2D eigenvalue weighted by Gasteiger charge is 2.36. The quantitative estimate of drug-likeness (QED) is 0.550. The molecule has 2 aromatic carbocycles. The fourth-order valence-electron chi connectivity index (χ4n) is 3.09. The lowest BCUT2D eigenvalue weighted by Gasteiger charge is -2.31. The zero-order chi connectivity index (χ0) is 24.2. The standard InChI is InChI=1S/C22H21ClF3N3O3S/c1-3-29-19(30)12-18(20(31)27-13-5-8-15(9-6-13)32-4-2)33-21(29)28-14-7-10-17(23)16(11-14)22(24,25)26/h5-11,18H,3-4,12H2,1-2H3,(H,27,31)/t18-/m0/s1. The molecule has 0 radical (unpaired) electrons. The van der Waals surface area contributed by atoms with E-state index in [2.05, 4.69) is 10.3 Å². The van der Waals surface area contributed by atoms with Crippen LogP contribution in [0.3, 0.4) is 0 Å². The number of amides is 2. The Bertz CT molecular complexity index is 1060. The SMILES string of the molecule is CCOc1ccc(NC(=O)[C@@H]2CC(=O)N(CC)C(=Nc3ccc(Cl)c(C(F)(F)F)c3)S2)cc1. The van der Waals surface area contributed by atoms with Gasteiger partial charge in [0.15, 0.2) is 5.17 Å². The van der Waals surface area contributed by atoms with E-state index in [9.17, 15) is 22.8 Å². The Balaban J connectivity index is 1.82. The van der Waals surface area contributed by atoms with Gasteiger partial charge in [-0.05, 0) is 56.3 Å². The lowest BCUT2D eigenvalue weighted by atomic mass is 10.2. The van der Waals surface area contributed by atoms with Crippen molar-refractivity contribution in [2.45, 2.75) is 31.7 Å². The zero-order valence-corrected chi connectivity index (χ0v) is 19.4. The highest BCUT2D eigenvalue weighted by molar-refractivity contribution is 8.15. The summed E-state index contributed by atoms with van der Waals surface area (Å²) in [6, 6.07) is 10.0. The fourth-order valence-corrected chi connectivity index (χ4v) is 4.47. The summed E-state index contributed by atoms with van der Waals surface area (Å²) < 4.78 is 44.9. The van der Waals surface area contributed by atoms with Crippen LogP contribution in [-0.2, 0) is 15.8 Å². The van der Waals surface area contributed by atoms with Crippen LogP contribution in [0.2, 0.25) is 5.02 Å². The lowest BCUT2D eigenvalue weighted by Crippen LogP contribution is -2.45. The van der Waals surface area contributed by atoms with Crippen molar-refractivity contribution in [2.75, 3.05) is 18.5 Å². The molecule has 0 aromatic heterocycles. The van der Waals surface area contributed by atoms with Crippen LogP contribution in [-0.4, -0.2) is 40.3 Å². The van der Waals surface area contributed by atoms with Crippen LogP contribution in [0.5, 0.6) is 5.75 Å². The number of thioether (sulfide) groups is 1. The number of anilines is 1. The van der Waals surface area contributed by atoms with E-state index in [0.29, 0.717) is 18.0 Å². The van der Waals surface area contributed by atoms with Crippen molar-refractivity contribution in [3.63, 3.8) is 0 Å². The Hall–Kier alpha value is -2.72. The monoisotopic (exact) mass is 499 g/mol. The number of alkyl halides is 3. The summed E-state index contributed by atoms with van der Waals surface area (Å²) in [4.78, 5) is 31.0. The maximum absolute atomic E-state index is 13.2. The third-order valence-electron chi connectivity index (χ3n) is 4.66. The van der Waals surface area contributed by atoms with Crippen LogP contribution in [0.4, 0.5) is 24.5 Å². The largest absolute Gasteiger partial charge is 0.494 e. The molecule has 0 spiro atoms. The number of nitrogens with zero attached hydrogens (tertiary/aromatic N) is 2. The number of hydrogen-bond donors (Lipinski definition) is 1. The summed E-state index contributed by atoms with van der Waals surface area (Å²) in [7, 11) is 0. The van der Waals surface area contributed by atoms with Gasteiger partial charge in [-0.2, -0.15) is 13.2 Å². The number of carbonyl (C=O) groups is 2. The second-order valence-electron chi connectivity index (χ2n) is 6.95. The minimum Gasteiger partial charge on any atom is -0.494 e. The maximum atomic E-state index is 13.2. The molecule has 176 valence electrons. The molecule has 33 heavy (non-hydrogen) atoms. The summed E-state index contributed by atoms with van der Waals surface area (Å²) in [6.45, 7) is 4.36. The van der Waals surface area contributed by atoms with Crippen molar-refractivity contribution in [3.05, 3.63) is 53.1 Å². The van der Waals surface area contributed by atoms with Gasteiger partial charge < -0.3 is 10.1 Å². The van der Waals surface area contributed by atoms with Crippen LogP contribution in [0.15, 0.2) is 47.5 Å². The molecule has 1 atom stereocenters. The van der Waals surface area contributed by atoms with Crippen molar-refractivity contribution in [1.29, 1.82) is 0 Å². The van der Waals surface area contributed by atoms with Gasteiger partial charge in [-0.3, -0.25) is 14.5 Å². The van der Waals surface area contributed by atoms with Crippen LogP contribution < -0.4 is 10.1 Å². The topological polar surface area (TPSA) is 71.0 Å². The minimum atomic E-state index is -4.65. The van der Waals surface area contributed by atoms with Gasteiger partial charge in [-0.15, -0.1) is 0 Å². The Labute approximate surface area is 198 Å². The van der Waals surface area contributed by atoms with Gasteiger partial charge in [-0.25, -0.2) is 4.99 Å². The number of hydrogen-bond acceptors (Lipinski definition) is 5. The molecule has 1 aliphatic heterocycles. The first kappa shape index (κ1) is 24.9. The molecular formula is C22H21ClF3N3O3S. The summed E-state index contributed by atoms with van der Waals surface area (Å²) in [5.74, 6) is -0.0909. The number of aliphatic imine (C=N–C) groups is 1. The van der Waals surface area contributed by atoms with Gasteiger partial charge in [0.1, 0.15) is 11.0 Å². The zero-order valence-electron chi connectivity index (χ0n) is 17.8. The van der Waals surface area contributed by atoms with E-state index in [4.69, 9.17) is 16.3 Å². The van der Waals surface area contributed by atoms with Crippen molar-refractivity contribution in [2.24, 2.45) is 4.99 Å². The van der Waals surface area contributed by atoms with Crippen LogP contribution in [0, 0.1) is 0 Å². The molecule has 1 saturated heterocycles. The molecule has 6 nitrogen and oxygen atoms in total. The molecule has 0 unspecified atom stereocenters. The second kappa shape index (κ2) is 10.5. The number of carbonyl (C=O) groups excluding carboxylic acids is 2. The summed E-state index contributed by atoms with van der Waals surface area (Å²) in [6.07, 6.45) is -4.71. The highest BCUT2D eigenvalue weighted by Crippen LogP contribution is 2.38. The molecule has 0 aliphatic carbocycles. The molecule has 11 heteroatoms. The Morgan fingerprint density at radius 2 is 1.94 bits per heavy atom. The molecule has 1 heterocycles. The molecule has 2 amide bonds. The summed E-state index contributed by atoms with van der Waals surface area (Å²) >= 11 is 6.70. The molecule has 3 rings (SSSR count). The Morgan fingerprint density at radius 1 is 1.24 bits per heavy atom. The third-order valence-corrected chi connectivity index (χ3v) is 6.18. The van der Waals surface area contributed by atoms with Gasteiger partial charge >= 0.3 is 6.18 Å². The van der Waals surface area contributed by atoms with Crippen molar-refractivity contribution in [1.82, 2.24) is 4.90 Å². The molecule has 1 fully saturated rings. The molecular weight excluding hydrogens is 479 g/mol. The van der Waals surface area contributed by atoms with Crippen LogP contribution in [0.25, 0.3) is 0 Å². The van der Waals surface area contributed by atoms with Gasteiger partial charge in [-0.1, -0.05) is 23.4 Å². The first-order valence-electron chi connectivity index (χ1n) is 10.1. The predicted octanol–water partition coefficient (Wildman–Crippen LogP) is 5.74. The highest BCUT2D eigenvalue weighted by atomic mass is 35.5. The van der Waals surface area contributed by atoms with E-state index in [-0.39, 0.29) is 29.7 Å². The van der Waals surface area contributed by atoms with Crippen LogP contribution in [0.1, 0.15) is 25.8 Å². The average molecular weight is 500 g/mol. The van der Waals surface area contributed by atoms with E-state index in [0.717, 1.165) is 23.9 Å². The third kappa shape index (κ3) is 6.20. The molecule has 0 saturated carbocycles. The van der Waals surface area contributed by atoms with E-state index in [1.807, 2.05) is 6.92 Å². The normalized spacial score (nSPS) is 17.9. The number of nitrogens with one attached hydrogen (secondary N) is 1. The maximum Gasteiger partial charge on any atom is 0.417 e. The molecule has 1 aliphatic rings. The Kier molecular flexibility index (Phi) is 7.91. The minimum absolute atomic E-state index is 0.0203. The first-order valence-corrected chi connectivity index (χ1v) is 11.3. The second-order valence-corrected chi connectivity index (χ2v) is 8.53. The number of amidine groups is 1.